The van der Waals surface area contributed by atoms with Crippen molar-refractivity contribution in [3.63, 3.8) is 0 Å². The third-order valence-electron chi connectivity index (χ3n) is 7.08. The average molecular weight is 366 g/mol. The molecule has 1 saturated heterocycles. The van der Waals surface area contributed by atoms with Gasteiger partial charge in [-0.05, 0) is 17.7 Å². The first-order valence-electron chi connectivity index (χ1n) is 9.98. The summed E-state index contributed by atoms with van der Waals surface area (Å²) in [7, 11) is 0. The van der Waals surface area contributed by atoms with Crippen molar-refractivity contribution < 1.29 is 5.11 Å². The second kappa shape index (κ2) is 6.32. The Hall–Kier alpha value is -1.91. The summed E-state index contributed by atoms with van der Waals surface area (Å²) in [6.07, 6.45) is 1.86. The lowest BCUT2D eigenvalue weighted by Crippen LogP contribution is -2.79. The molecule has 1 aromatic heterocycles. The summed E-state index contributed by atoms with van der Waals surface area (Å²) < 4.78 is 0. The Bertz CT molecular complexity index is 764. The van der Waals surface area contributed by atoms with Crippen LogP contribution in [0.5, 0.6) is 0 Å². The first kappa shape index (κ1) is 18.5. The van der Waals surface area contributed by atoms with Gasteiger partial charge in [0.1, 0.15) is 11.4 Å². The van der Waals surface area contributed by atoms with Crippen LogP contribution >= 0.6 is 0 Å². The molecule has 4 heteroatoms. The van der Waals surface area contributed by atoms with Gasteiger partial charge in [0, 0.05) is 49.2 Å². The van der Waals surface area contributed by atoms with Crippen LogP contribution in [0.3, 0.4) is 0 Å². The summed E-state index contributed by atoms with van der Waals surface area (Å²) in [6.45, 7) is 12.8. The second-order valence-corrected chi connectivity index (χ2v) is 9.13. The number of benzene rings is 1. The van der Waals surface area contributed by atoms with E-state index in [4.69, 9.17) is 0 Å². The fourth-order valence-corrected chi connectivity index (χ4v) is 6.14. The number of nitrogens with zero attached hydrogens (tertiary/aromatic N) is 3. The number of pyridine rings is 1. The van der Waals surface area contributed by atoms with Gasteiger partial charge in [-0.15, -0.1) is 0 Å². The quantitative estimate of drug-likeness (QED) is 0.903. The maximum absolute atomic E-state index is 11.8. The maximum atomic E-state index is 11.8. The molecular weight excluding hydrogens is 334 g/mol. The van der Waals surface area contributed by atoms with Crippen molar-refractivity contribution in [3.8, 4) is 0 Å². The van der Waals surface area contributed by atoms with E-state index < -0.39 is 5.60 Å². The molecular formula is C23H31N3O. The zero-order valence-electron chi connectivity index (χ0n) is 16.9. The summed E-state index contributed by atoms with van der Waals surface area (Å²) in [6, 6.07) is 16.6. The van der Waals surface area contributed by atoms with E-state index in [0.717, 1.165) is 37.6 Å². The van der Waals surface area contributed by atoms with E-state index in [-0.39, 0.29) is 10.8 Å². The van der Waals surface area contributed by atoms with Crippen LogP contribution in [0.25, 0.3) is 0 Å². The molecule has 4 nitrogen and oxygen atoms in total. The molecule has 0 radical (unpaired) electrons. The molecule has 1 aromatic carbocycles. The molecule has 0 spiro atoms. The third-order valence-corrected chi connectivity index (χ3v) is 7.08. The van der Waals surface area contributed by atoms with Crippen LogP contribution in [-0.2, 0) is 5.60 Å². The molecule has 0 amide bonds. The zero-order valence-corrected chi connectivity index (χ0v) is 16.9. The van der Waals surface area contributed by atoms with Gasteiger partial charge in [0.05, 0.1) is 0 Å². The standard InChI is InChI=1S/C23H31N3O/c1-21(2)20(22(3,4)23(21,27)18-10-6-5-7-11-18)26-16-14-25(15-17-26)19-12-8-9-13-24-19/h5-13,20,27H,14-17H2,1-4H3. The maximum Gasteiger partial charge on any atom is 0.128 e. The van der Waals surface area contributed by atoms with Gasteiger partial charge in [0.25, 0.3) is 0 Å². The van der Waals surface area contributed by atoms with Gasteiger partial charge < -0.3 is 10.0 Å². The van der Waals surface area contributed by atoms with Crippen molar-refractivity contribution in [3.05, 3.63) is 60.3 Å². The molecule has 27 heavy (non-hydrogen) atoms. The van der Waals surface area contributed by atoms with E-state index in [1.54, 1.807) is 0 Å². The lowest BCUT2D eigenvalue weighted by Gasteiger charge is -2.72. The molecule has 1 aliphatic heterocycles. The molecule has 2 aliphatic rings. The SMILES string of the molecule is CC1(C)C(N2CCN(c3ccccn3)CC2)C(C)(C)C1(O)c1ccccc1. The van der Waals surface area contributed by atoms with Crippen LogP contribution in [-0.4, -0.2) is 47.2 Å². The van der Waals surface area contributed by atoms with Crippen LogP contribution in [0.15, 0.2) is 54.7 Å². The van der Waals surface area contributed by atoms with E-state index in [0.29, 0.717) is 6.04 Å². The lowest BCUT2D eigenvalue weighted by molar-refractivity contribution is -0.307. The summed E-state index contributed by atoms with van der Waals surface area (Å²) in [4.78, 5) is 9.43. The molecule has 0 unspecified atom stereocenters. The summed E-state index contributed by atoms with van der Waals surface area (Å²) in [5.74, 6) is 1.06. The van der Waals surface area contributed by atoms with E-state index in [1.807, 2.05) is 36.5 Å². The molecule has 4 rings (SSSR count). The van der Waals surface area contributed by atoms with Crippen molar-refractivity contribution >= 4 is 5.82 Å². The highest BCUT2D eigenvalue weighted by Gasteiger charge is 2.73. The Kier molecular flexibility index (Phi) is 4.32. The lowest BCUT2D eigenvalue weighted by atomic mass is 9.39. The Morgan fingerprint density at radius 3 is 2.00 bits per heavy atom. The first-order chi connectivity index (χ1) is 12.8. The number of hydrogen-bond acceptors (Lipinski definition) is 4. The predicted octanol–water partition coefficient (Wildman–Crippen LogP) is 3.53. The number of aliphatic hydroxyl groups is 1. The Balaban J connectivity index is 1.54. The van der Waals surface area contributed by atoms with Gasteiger partial charge in [0.15, 0.2) is 0 Å². The van der Waals surface area contributed by atoms with E-state index in [2.05, 4.69) is 60.7 Å². The van der Waals surface area contributed by atoms with Crippen molar-refractivity contribution in [1.82, 2.24) is 9.88 Å². The molecule has 2 heterocycles. The van der Waals surface area contributed by atoms with Crippen LogP contribution in [0.1, 0.15) is 33.3 Å². The first-order valence-corrected chi connectivity index (χ1v) is 9.98. The van der Waals surface area contributed by atoms with Crippen LogP contribution in [0.4, 0.5) is 5.82 Å². The minimum absolute atomic E-state index is 0.217. The third kappa shape index (κ3) is 2.54. The van der Waals surface area contributed by atoms with Gasteiger partial charge in [-0.1, -0.05) is 64.1 Å². The van der Waals surface area contributed by atoms with Crippen molar-refractivity contribution in [2.45, 2.75) is 39.3 Å². The topological polar surface area (TPSA) is 39.6 Å². The van der Waals surface area contributed by atoms with Crippen molar-refractivity contribution in [2.75, 3.05) is 31.1 Å². The summed E-state index contributed by atoms with van der Waals surface area (Å²) >= 11 is 0. The number of anilines is 1. The molecule has 2 fully saturated rings. The molecule has 144 valence electrons. The van der Waals surface area contributed by atoms with Crippen molar-refractivity contribution in [2.24, 2.45) is 10.8 Å². The van der Waals surface area contributed by atoms with E-state index >= 15 is 0 Å². The van der Waals surface area contributed by atoms with Crippen LogP contribution < -0.4 is 4.90 Å². The van der Waals surface area contributed by atoms with E-state index in [1.165, 1.54) is 0 Å². The Labute approximate surface area is 162 Å². The largest absolute Gasteiger partial charge is 0.384 e. The Morgan fingerprint density at radius 1 is 0.852 bits per heavy atom. The normalized spacial score (nSPS) is 30.0. The van der Waals surface area contributed by atoms with Crippen molar-refractivity contribution in [1.29, 1.82) is 0 Å². The number of aromatic nitrogens is 1. The number of rotatable bonds is 3. The number of piperazine rings is 1. The highest BCUT2D eigenvalue weighted by molar-refractivity contribution is 5.40. The van der Waals surface area contributed by atoms with Gasteiger partial charge >= 0.3 is 0 Å². The molecule has 0 bridgehead atoms. The minimum atomic E-state index is -0.829. The molecule has 1 aliphatic carbocycles. The smallest absolute Gasteiger partial charge is 0.128 e. The molecule has 1 N–H and O–H groups in total. The molecule has 0 atom stereocenters. The van der Waals surface area contributed by atoms with Crippen LogP contribution in [0.2, 0.25) is 0 Å². The van der Waals surface area contributed by atoms with Gasteiger partial charge in [-0.25, -0.2) is 4.98 Å². The highest BCUT2D eigenvalue weighted by atomic mass is 16.3. The molecule has 2 aromatic rings. The monoisotopic (exact) mass is 365 g/mol. The summed E-state index contributed by atoms with van der Waals surface area (Å²) in [5, 5.41) is 11.8. The van der Waals surface area contributed by atoms with Gasteiger partial charge in [-0.2, -0.15) is 0 Å². The minimum Gasteiger partial charge on any atom is -0.384 e. The number of hydrogen-bond donors (Lipinski definition) is 1. The van der Waals surface area contributed by atoms with Crippen LogP contribution in [0, 0.1) is 10.8 Å². The van der Waals surface area contributed by atoms with Gasteiger partial charge in [-0.3, -0.25) is 4.90 Å². The fraction of sp³-hybridized carbons (Fsp3) is 0.522. The van der Waals surface area contributed by atoms with E-state index in [9.17, 15) is 5.11 Å². The zero-order chi connectivity index (χ0) is 19.3. The Morgan fingerprint density at radius 2 is 1.44 bits per heavy atom. The predicted molar refractivity (Wildman–Crippen MR) is 110 cm³/mol. The molecule has 1 saturated carbocycles. The fourth-order valence-electron chi connectivity index (χ4n) is 6.14. The summed E-state index contributed by atoms with van der Waals surface area (Å²) in [5.41, 5.74) is -0.233. The average Bonchev–Trinajstić information content (AvgIpc) is 2.68. The van der Waals surface area contributed by atoms with Gasteiger partial charge in [0.2, 0.25) is 0 Å². The second-order valence-electron chi connectivity index (χ2n) is 9.13. The highest BCUT2D eigenvalue weighted by Crippen LogP contribution is 2.68.